The van der Waals surface area contributed by atoms with Crippen LogP contribution in [0.25, 0.3) is 0 Å². The van der Waals surface area contributed by atoms with Crippen LogP contribution in [-0.4, -0.2) is 16.3 Å². The number of aryl methyl sites for hydroxylation is 1. The molecule has 0 amide bonds. The minimum atomic E-state index is 0.356. The van der Waals surface area contributed by atoms with Crippen LogP contribution in [0, 0.1) is 0 Å². The fraction of sp³-hybridized carbons (Fsp3) is 0.400. The molecule has 0 saturated heterocycles. The number of hydrogen-bond acceptors (Lipinski definition) is 2. The van der Waals surface area contributed by atoms with E-state index in [2.05, 4.69) is 60.8 Å². The Kier molecular flexibility index (Phi) is 4.53. The summed E-state index contributed by atoms with van der Waals surface area (Å²) in [5.74, 6) is 0. The van der Waals surface area contributed by atoms with Crippen LogP contribution in [0.3, 0.4) is 0 Å². The molecule has 1 atom stereocenters. The Morgan fingerprint density at radius 2 is 2.06 bits per heavy atom. The SMILES string of the molecule is CCn1cc(C(C)NCCc2ccccc2)cn1. The largest absolute Gasteiger partial charge is 0.310 e. The predicted octanol–water partition coefficient (Wildman–Crippen LogP) is 2.80. The maximum absolute atomic E-state index is 4.30. The standard InChI is InChI=1S/C15H21N3/c1-3-18-12-15(11-17-18)13(2)16-10-9-14-7-5-4-6-8-14/h4-8,11-13,16H,3,9-10H2,1-2H3. The van der Waals surface area contributed by atoms with Gasteiger partial charge in [0, 0.05) is 24.3 Å². The maximum atomic E-state index is 4.30. The van der Waals surface area contributed by atoms with Crippen molar-refractivity contribution >= 4 is 0 Å². The summed E-state index contributed by atoms with van der Waals surface area (Å²) >= 11 is 0. The van der Waals surface area contributed by atoms with Gasteiger partial charge in [0.1, 0.15) is 0 Å². The smallest absolute Gasteiger partial charge is 0.0537 e. The average Bonchev–Trinajstić information content (AvgIpc) is 2.89. The van der Waals surface area contributed by atoms with Gasteiger partial charge in [0.05, 0.1) is 6.20 Å². The van der Waals surface area contributed by atoms with Crippen molar-refractivity contribution in [3.63, 3.8) is 0 Å². The van der Waals surface area contributed by atoms with Gasteiger partial charge in [0.15, 0.2) is 0 Å². The first kappa shape index (κ1) is 12.8. The zero-order chi connectivity index (χ0) is 12.8. The fourth-order valence-electron chi connectivity index (χ4n) is 1.97. The van der Waals surface area contributed by atoms with E-state index in [0.29, 0.717) is 6.04 Å². The Morgan fingerprint density at radius 3 is 2.72 bits per heavy atom. The lowest BCUT2D eigenvalue weighted by Crippen LogP contribution is -2.21. The van der Waals surface area contributed by atoms with Gasteiger partial charge in [-0.3, -0.25) is 4.68 Å². The fourth-order valence-corrected chi connectivity index (χ4v) is 1.97. The van der Waals surface area contributed by atoms with E-state index in [1.54, 1.807) is 0 Å². The Labute approximate surface area is 109 Å². The van der Waals surface area contributed by atoms with Crippen molar-refractivity contribution in [2.45, 2.75) is 32.9 Å². The molecule has 1 aromatic carbocycles. The van der Waals surface area contributed by atoms with E-state index >= 15 is 0 Å². The lowest BCUT2D eigenvalue weighted by molar-refractivity contribution is 0.575. The second kappa shape index (κ2) is 6.36. The van der Waals surface area contributed by atoms with Crippen LogP contribution in [0.5, 0.6) is 0 Å². The van der Waals surface area contributed by atoms with E-state index in [4.69, 9.17) is 0 Å². The second-order valence-electron chi connectivity index (χ2n) is 4.54. The van der Waals surface area contributed by atoms with Crippen LogP contribution >= 0.6 is 0 Å². The third-order valence-corrected chi connectivity index (χ3v) is 3.18. The highest BCUT2D eigenvalue weighted by Crippen LogP contribution is 2.10. The second-order valence-corrected chi connectivity index (χ2v) is 4.54. The first-order valence-electron chi connectivity index (χ1n) is 6.59. The first-order chi connectivity index (χ1) is 8.79. The summed E-state index contributed by atoms with van der Waals surface area (Å²) in [4.78, 5) is 0. The zero-order valence-corrected chi connectivity index (χ0v) is 11.1. The molecule has 3 heteroatoms. The summed E-state index contributed by atoms with van der Waals surface area (Å²) < 4.78 is 1.96. The van der Waals surface area contributed by atoms with Crippen LogP contribution < -0.4 is 5.32 Å². The molecule has 2 aromatic rings. The van der Waals surface area contributed by atoms with Crippen molar-refractivity contribution in [3.05, 3.63) is 53.9 Å². The van der Waals surface area contributed by atoms with Gasteiger partial charge < -0.3 is 5.32 Å². The van der Waals surface area contributed by atoms with E-state index in [-0.39, 0.29) is 0 Å². The molecule has 0 aliphatic rings. The number of hydrogen-bond donors (Lipinski definition) is 1. The molecular weight excluding hydrogens is 222 g/mol. The molecule has 0 aliphatic heterocycles. The molecule has 1 unspecified atom stereocenters. The molecule has 1 N–H and O–H groups in total. The van der Waals surface area contributed by atoms with Crippen LogP contribution in [0.1, 0.15) is 31.0 Å². The van der Waals surface area contributed by atoms with Gasteiger partial charge in [-0.05, 0) is 32.4 Å². The Bertz CT molecular complexity index is 462. The van der Waals surface area contributed by atoms with Crippen molar-refractivity contribution in [1.29, 1.82) is 0 Å². The van der Waals surface area contributed by atoms with Gasteiger partial charge in [-0.25, -0.2) is 0 Å². The van der Waals surface area contributed by atoms with Crippen molar-refractivity contribution in [2.24, 2.45) is 0 Å². The summed E-state index contributed by atoms with van der Waals surface area (Å²) in [6, 6.07) is 10.9. The summed E-state index contributed by atoms with van der Waals surface area (Å²) in [6.45, 7) is 6.20. The highest BCUT2D eigenvalue weighted by Gasteiger charge is 2.06. The molecule has 96 valence electrons. The molecule has 1 aromatic heterocycles. The summed E-state index contributed by atoms with van der Waals surface area (Å²) in [6.07, 6.45) is 5.12. The van der Waals surface area contributed by atoms with Crippen molar-refractivity contribution in [2.75, 3.05) is 6.54 Å². The highest BCUT2D eigenvalue weighted by atomic mass is 15.3. The number of aromatic nitrogens is 2. The van der Waals surface area contributed by atoms with Crippen molar-refractivity contribution in [1.82, 2.24) is 15.1 Å². The van der Waals surface area contributed by atoms with E-state index in [1.165, 1.54) is 11.1 Å². The Hall–Kier alpha value is -1.61. The summed E-state index contributed by atoms with van der Waals surface area (Å²) in [7, 11) is 0. The van der Waals surface area contributed by atoms with Gasteiger partial charge in [0.25, 0.3) is 0 Å². The topological polar surface area (TPSA) is 29.9 Å². The molecule has 0 fully saturated rings. The molecule has 2 rings (SSSR count). The molecule has 1 heterocycles. The minimum Gasteiger partial charge on any atom is -0.310 e. The first-order valence-corrected chi connectivity index (χ1v) is 6.59. The van der Waals surface area contributed by atoms with Crippen LogP contribution in [-0.2, 0) is 13.0 Å². The monoisotopic (exact) mass is 243 g/mol. The molecule has 0 radical (unpaired) electrons. The highest BCUT2D eigenvalue weighted by molar-refractivity contribution is 5.15. The third-order valence-electron chi connectivity index (χ3n) is 3.18. The van der Waals surface area contributed by atoms with E-state index < -0.39 is 0 Å². The lowest BCUT2D eigenvalue weighted by atomic mass is 10.1. The van der Waals surface area contributed by atoms with Gasteiger partial charge in [-0.1, -0.05) is 30.3 Å². The Balaban J connectivity index is 1.79. The maximum Gasteiger partial charge on any atom is 0.0537 e. The number of nitrogens with zero attached hydrogens (tertiary/aromatic N) is 2. The third kappa shape index (κ3) is 3.44. The van der Waals surface area contributed by atoms with Crippen LogP contribution in [0.15, 0.2) is 42.7 Å². The van der Waals surface area contributed by atoms with Crippen molar-refractivity contribution < 1.29 is 0 Å². The molecule has 0 aliphatic carbocycles. The number of rotatable bonds is 6. The molecule has 0 bridgehead atoms. The van der Waals surface area contributed by atoms with Gasteiger partial charge in [-0.15, -0.1) is 0 Å². The zero-order valence-electron chi connectivity index (χ0n) is 11.1. The molecule has 3 nitrogen and oxygen atoms in total. The molecule has 0 spiro atoms. The van der Waals surface area contributed by atoms with E-state index in [0.717, 1.165) is 19.5 Å². The lowest BCUT2D eigenvalue weighted by Gasteiger charge is -2.11. The van der Waals surface area contributed by atoms with Gasteiger partial charge in [0.2, 0.25) is 0 Å². The van der Waals surface area contributed by atoms with E-state index in [1.807, 2.05) is 10.9 Å². The van der Waals surface area contributed by atoms with Gasteiger partial charge in [-0.2, -0.15) is 5.10 Å². The number of nitrogens with one attached hydrogen (secondary N) is 1. The summed E-state index contributed by atoms with van der Waals surface area (Å²) in [5, 5.41) is 7.83. The predicted molar refractivity (Wildman–Crippen MR) is 74.5 cm³/mol. The molecular formula is C15H21N3. The quantitative estimate of drug-likeness (QED) is 0.845. The van der Waals surface area contributed by atoms with Crippen LogP contribution in [0.4, 0.5) is 0 Å². The normalized spacial score (nSPS) is 12.6. The van der Waals surface area contributed by atoms with Crippen LogP contribution in [0.2, 0.25) is 0 Å². The Morgan fingerprint density at radius 1 is 1.28 bits per heavy atom. The van der Waals surface area contributed by atoms with E-state index in [9.17, 15) is 0 Å². The molecule has 0 saturated carbocycles. The summed E-state index contributed by atoms with van der Waals surface area (Å²) in [5.41, 5.74) is 2.63. The van der Waals surface area contributed by atoms with Gasteiger partial charge >= 0.3 is 0 Å². The average molecular weight is 243 g/mol. The molecule has 18 heavy (non-hydrogen) atoms. The van der Waals surface area contributed by atoms with Crippen molar-refractivity contribution in [3.8, 4) is 0 Å². The minimum absolute atomic E-state index is 0.356. The number of benzene rings is 1.